The Morgan fingerprint density at radius 3 is 0.706 bits per heavy atom. The third-order valence-electron chi connectivity index (χ3n) is 0.737. The second-order valence-electron chi connectivity index (χ2n) is 2.02. The van der Waals surface area contributed by atoms with E-state index in [1.165, 1.54) is 0 Å². The zero-order chi connectivity index (χ0) is 13.1. The van der Waals surface area contributed by atoms with E-state index in [9.17, 15) is 19.2 Å². The van der Waals surface area contributed by atoms with E-state index < -0.39 is 23.9 Å². The van der Waals surface area contributed by atoms with Crippen LogP contribution in [0.3, 0.4) is 0 Å². The SMILES string of the molecule is O=C(O)/C=C\C(=O)O.O=C(O)/C=C\C(=O)O.[Pb]. The predicted molar refractivity (Wildman–Crippen MR) is 54.6 cm³/mol. The third kappa shape index (κ3) is 31.4. The second kappa shape index (κ2) is 12.4. The van der Waals surface area contributed by atoms with E-state index in [0.717, 1.165) is 0 Å². The first-order valence-corrected chi connectivity index (χ1v) is 3.53. The Kier molecular flexibility index (Phi) is 15.0. The molecule has 0 fully saturated rings. The molecule has 0 saturated carbocycles. The van der Waals surface area contributed by atoms with E-state index in [1.807, 2.05) is 0 Å². The van der Waals surface area contributed by atoms with Gasteiger partial charge in [0.25, 0.3) is 0 Å². The molecule has 0 atom stereocenters. The van der Waals surface area contributed by atoms with E-state index in [2.05, 4.69) is 0 Å². The van der Waals surface area contributed by atoms with Crippen molar-refractivity contribution in [1.29, 1.82) is 0 Å². The minimum atomic E-state index is -1.26. The Labute approximate surface area is 115 Å². The van der Waals surface area contributed by atoms with Crippen LogP contribution in [0.5, 0.6) is 0 Å². The Morgan fingerprint density at radius 2 is 0.647 bits per heavy atom. The molecule has 9 heteroatoms. The molecule has 0 aliphatic carbocycles. The molecular formula is C8H8O8Pb. The van der Waals surface area contributed by atoms with Gasteiger partial charge in [0.05, 0.1) is 0 Å². The number of hydrogen-bond acceptors (Lipinski definition) is 4. The van der Waals surface area contributed by atoms with Crippen molar-refractivity contribution in [2.24, 2.45) is 0 Å². The van der Waals surface area contributed by atoms with E-state index in [0.29, 0.717) is 24.3 Å². The van der Waals surface area contributed by atoms with Gasteiger partial charge in [-0.25, -0.2) is 19.2 Å². The standard InChI is InChI=1S/2C4H4O4.Pb/c2*5-3(6)1-2-4(7)8;/h2*1-2H,(H,5,6)(H,7,8);/b2*2-1-;. The molecule has 0 unspecified atom stereocenters. The summed E-state index contributed by atoms with van der Waals surface area (Å²) in [5.41, 5.74) is 0. The van der Waals surface area contributed by atoms with Gasteiger partial charge in [0.15, 0.2) is 0 Å². The summed E-state index contributed by atoms with van der Waals surface area (Å²) in [6, 6.07) is 0. The summed E-state index contributed by atoms with van der Waals surface area (Å²) >= 11 is 0. The van der Waals surface area contributed by atoms with Crippen LogP contribution in [0, 0.1) is 0 Å². The average molecular weight is 439 g/mol. The number of rotatable bonds is 4. The van der Waals surface area contributed by atoms with Gasteiger partial charge in [0, 0.05) is 51.6 Å². The molecule has 0 aromatic rings. The molecule has 0 aliphatic heterocycles. The van der Waals surface area contributed by atoms with Crippen molar-refractivity contribution in [3.63, 3.8) is 0 Å². The molecule has 17 heavy (non-hydrogen) atoms. The van der Waals surface area contributed by atoms with Crippen LogP contribution in [-0.2, 0) is 19.2 Å². The maximum atomic E-state index is 9.55. The van der Waals surface area contributed by atoms with Crippen LogP contribution in [0.25, 0.3) is 0 Å². The molecule has 92 valence electrons. The summed E-state index contributed by atoms with van der Waals surface area (Å²) in [6.45, 7) is 0. The van der Waals surface area contributed by atoms with Crippen LogP contribution in [0.4, 0.5) is 0 Å². The minimum Gasteiger partial charge on any atom is -0.478 e. The molecule has 0 aromatic heterocycles. The molecular weight excluding hydrogens is 431 g/mol. The Hall–Kier alpha value is -1.72. The number of hydrogen-bond donors (Lipinski definition) is 4. The van der Waals surface area contributed by atoms with Gasteiger partial charge in [-0.05, 0) is 0 Å². The largest absolute Gasteiger partial charge is 0.478 e. The predicted octanol–water partition coefficient (Wildman–Crippen LogP) is -0.957. The van der Waals surface area contributed by atoms with Crippen molar-refractivity contribution in [2.75, 3.05) is 0 Å². The van der Waals surface area contributed by atoms with Gasteiger partial charge in [-0.2, -0.15) is 0 Å². The summed E-state index contributed by atoms with van der Waals surface area (Å²) in [4.78, 5) is 38.2. The topological polar surface area (TPSA) is 149 Å². The normalized spacial score (nSPS) is 8.94. The van der Waals surface area contributed by atoms with Gasteiger partial charge in [0.2, 0.25) is 0 Å². The number of aliphatic carboxylic acids is 4. The van der Waals surface area contributed by atoms with Crippen LogP contribution in [-0.4, -0.2) is 71.6 Å². The fourth-order valence-corrected chi connectivity index (χ4v) is 0.285. The summed E-state index contributed by atoms with van der Waals surface area (Å²) in [5, 5.41) is 31.2. The summed E-state index contributed by atoms with van der Waals surface area (Å²) < 4.78 is 0. The molecule has 0 spiro atoms. The molecule has 4 N–H and O–H groups in total. The van der Waals surface area contributed by atoms with Crippen LogP contribution in [0.1, 0.15) is 0 Å². The van der Waals surface area contributed by atoms with Gasteiger partial charge in [0.1, 0.15) is 0 Å². The first kappa shape index (κ1) is 20.7. The van der Waals surface area contributed by atoms with Gasteiger partial charge < -0.3 is 20.4 Å². The van der Waals surface area contributed by atoms with Crippen molar-refractivity contribution in [1.82, 2.24) is 0 Å². The minimum absolute atomic E-state index is 0. The van der Waals surface area contributed by atoms with Gasteiger partial charge >= 0.3 is 23.9 Å². The van der Waals surface area contributed by atoms with Crippen molar-refractivity contribution in [2.45, 2.75) is 0 Å². The Balaban J connectivity index is -0.000000218. The quantitative estimate of drug-likeness (QED) is 0.323. The molecule has 0 amide bonds. The summed E-state index contributed by atoms with van der Waals surface area (Å²) in [5.74, 6) is -5.03. The molecule has 0 aliphatic rings. The zero-order valence-electron chi connectivity index (χ0n) is 8.23. The van der Waals surface area contributed by atoms with E-state index in [1.54, 1.807) is 0 Å². The van der Waals surface area contributed by atoms with Crippen LogP contribution < -0.4 is 0 Å². The van der Waals surface area contributed by atoms with Crippen molar-refractivity contribution in [3.05, 3.63) is 24.3 Å². The van der Waals surface area contributed by atoms with Crippen molar-refractivity contribution < 1.29 is 39.6 Å². The van der Waals surface area contributed by atoms with Crippen LogP contribution in [0.2, 0.25) is 0 Å². The fraction of sp³-hybridized carbons (Fsp3) is 0. The first-order valence-electron chi connectivity index (χ1n) is 3.53. The Morgan fingerprint density at radius 1 is 0.529 bits per heavy atom. The van der Waals surface area contributed by atoms with Crippen LogP contribution in [0.15, 0.2) is 24.3 Å². The molecule has 0 heterocycles. The second-order valence-corrected chi connectivity index (χ2v) is 2.02. The maximum Gasteiger partial charge on any atom is 0.328 e. The molecule has 0 bridgehead atoms. The first-order chi connectivity index (χ1) is 7.25. The van der Waals surface area contributed by atoms with Gasteiger partial charge in [-0.15, -0.1) is 0 Å². The monoisotopic (exact) mass is 440 g/mol. The third-order valence-corrected chi connectivity index (χ3v) is 0.737. The number of carboxylic acid groups (broad SMARTS) is 4. The maximum absolute atomic E-state index is 9.55. The Bertz CT molecular complexity index is 277. The van der Waals surface area contributed by atoms with Gasteiger partial charge in [-0.3, -0.25) is 0 Å². The summed E-state index contributed by atoms with van der Waals surface area (Å²) in [6.07, 6.45) is 2.23. The van der Waals surface area contributed by atoms with E-state index in [-0.39, 0.29) is 27.3 Å². The zero-order valence-corrected chi connectivity index (χ0v) is 12.1. The van der Waals surface area contributed by atoms with E-state index >= 15 is 0 Å². The average Bonchev–Trinajstić information content (AvgIpc) is 2.12. The smallest absolute Gasteiger partial charge is 0.328 e. The van der Waals surface area contributed by atoms with Crippen LogP contribution >= 0.6 is 0 Å². The van der Waals surface area contributed by atoms with Crippen molar-refractivity contribution in [3.8, 4) is 0 Å². The summed E-state index contributed by atoms with van der Waals surface area (Å²) in [7, 11) is 0. The molecule has 8 nitrogen and oxygen atoms in total. The molecule has 0 aromatic carbocycles. The molecule has 4 radical (unpaired) electrons. The van der Waals surface area contributed by atoms with Crippen molar-refractivity contribution >= 4 is 51.2 Å². The van der Waals surface area contributed by atoms with E-state index in [4.69, 9.17) is 20.4 Å². The fourth-order valence-electron chi connectivity index (χ4n) is 0.285. The molecule has 0 rings (SSSR count). The van der Waals surface area contributed by atoms with Gasteiger partial charge in [-0.1, -0.05) is 0 Å². The number of carbonyl (C=O) groups is 4. The number of carboxylic acids is 4. The molecule has 0 saturated heterocycles.